The number of hydrogen-bond donors (Lipinski definition) is 0. The van der Waals surface area contributed by atoms with Gasteiger partial charge >= 0.3 is 0 Å². The third kappa shape index (κ3) is 5.35. The molecule has 0 aliphatic heterocycles. The van der Waals surface area contributed by atoms with E-state index >= 15 is 0 Å². The summed E-state index contributed by atoms with van der Waals surface area (Å²) in [5.41, 5.74) is 1.55. The molecule has 5 nitrogen and oxygen atoms in total. The highest BCUT2D eigenvalue weighted by Crippen LogP contribution is 2.25. The number of ketones is 2. The Kier molecular flexibility index (Phi) is 7.00. The molecule has 3 aromatic rings. The second-order valence-corrected chi connectivity index (χ2v) is 6.89. The topological polar surface area (TPSA) is 77.3 Å². The predicted octanol–water partition coefficient (Wildman–Crippen LogP) is 4.97. The van der Waals surface area contributed by atoms with Gasteiger partial charge in [0.2, 0.25) is 6.54 Å². The number of nitrogens with zero attached hydrogens (tertiary/aromatic N) is 1. The van der Waals surface area contributed by atoms with E-state index in [9.17, 15) is 19.7 Å². The zero-order chi connectivity index (χ0) is 21.3. The van der Waals surface area contributed by atoms with Crippen molar-refractivity contribution < 1.29 is 14.5 Å². The summed E-state index contributed by atoms with van der Waals surface area (Å²) in [4.78, 5) is 37.5. The van der Waals surface area contributed by atoms with Crippen LogP contribution in [0.15, 0.2) is 97.1 Å². The summed E-state index contributed by atoms with van der Waals surface area (Å²) in [7, 11) is 0. The maximum Gasteiger partial charge on any atom is 0.211 e. The highest BCUT2D eigenvalue weighted by atomic mass is 16.6. The molecule has 150 valence electrons. The van der Waals surface area contributed by atoms with Crippen LogP contribution < -0.4 is 0 Å². The van der Waals surface area contributed by atoms with Crippen LogP contribution in [0.2, 0.25) is 0 Å². The molecular weight excluding hydrogens is 378 g/mol. The number of Topliss-reactive ketones (excluding diaryl/α,β-unsaturated/α-hetero) is 2. The maximum absolute atomic E-state index is 13.3. The zero-order valence-corrected chi connectivity index (χ0v) is 16.3. The molecule has 0 amide bonds. The van der Waals surface area contributed by atoms with Gasteiger partial charge in [-0.05, 0) is 5.56 Å². The molecule has 0 fully saturated rings. The van der Waals surface area contributed by atoms with E-state index in [4.69, 9.17) is 0 Å². The van der Waals surface area contributed by atoms with E-state index in [1.807, 2.05) is 30.3 Å². The number of benzene rings is 3. The Morgan fingerprint density at radius 3 is 1.63 bits per heavy atom. The highest BCUT2D eigenvalue weighted by molar-refractivity contribution is 6.16. The van der Waals surface area contributed by atoms with Crippen LogP contribution in [0.5, 0.6) is 0 Å². The number of nitro groups is 1. The first-order valence-corrected chi connectivity index (χ1v) is 9.60. The van der Waals surface area contributed by atoms with Gasteiger partial charge in [-0.1, -0.05) is 103 Å². The van der Waals surface area contributed by atoms with Crippen molar-refractivity contribution in [2.45, 2.75) is 0 Å². The van der Waals surface area contributed by atoms with Crippen molar-refractivity contribution in [3.63, 3.8) is 0 Å². The molecule has 0 heterocycles. The first-order valence-electron chi connectivity index (χ1n) is 9.60. The first kappa shape index (κ1) is 20.9. The molecule has 0 bridgehead atoms. The summed E-state index contributed by atoms with van der Waals surface area (Å²) in [5, 5.41) is 11.4. The summed E-state index contributed by atoms with van der Waals surface area (Å²) in [6.45, 7) is -0.523. The Labute approximate surface area is 174 Å². The fourth-order valence-electron chi connectivity index (χ4n) is 3.32. The van der Waals surface area contributed by atoms with Crippen molar-refractivity contribution in [3.05, 3.63) is 124 Å². The average molecular weight is 399 g/mol. The van der Waals surface area contributed by atoms with Crippen LogP contribution in [0.3, 0.4) is 0 Å². The SMILES string of the molecule is O=C(c1ccccc1)C(C(=O)c1ccccc1)[C@@H](C=Cc1ccccc1)C[N+](=O)[O-]. The van der Waals surface area contributed by atoms with Crippen LogP contribution in [0.4, 0.5) is 0 Å². The minimum absolute atomic E-state index is 0.355. The molecule has 0 unspecified atom stereocenters. The number of hydrogen-bond acceptors (Lipinski definition) is 4. The molecule has 0 aliphatic carbocycles. The second kappa shape index (κ2) is 10.1. The lowest BCUT2D eigenvalue weighted by Gasteiger charge is -2.20. The van der Waals surface area contributed by atoms with Gasteiger partial charge < -0.3 is 0 Å². The van der Waals surface area contributed by atoms with E-state index in [1.165, 1.54) is 0 Å². The molecule has 3 rings (SSSR count). The Morgan fingerprint density at radius 1 is 0.767 bits per heavy atom. The van der Waals surface area contributed by atoms with Gasteiger partial charge in [0.15, 0.2) is 11.6 Å². The molecule has 0 spiro atoms. The quantitative estimate of drug-likeness (QED) is 0.220. The molecule has 0 aromatic heterocycles. The van der Waals surface area contributed by atoms with Crippen molar-refractivity contribution in [1.29, 1.82) is 0 Å². The van der Waals surface area contributed by atoms with E-state index < -0.39 is 34.9 Å². The monoisotopic (exact) mass is 399 g/mol. The van der Waals surface area contributed by atoms with Gasteiger partial charge in [0.1, 0.15) is 0 Å². The van der Waals surface area contributed by atoms with Crippen LogP contribution in [0, 0.1) is 22.0 Å². The summed E-state index contributed by atoms with van der Waals surface area (Å²) < 4.78 is 0. The van der Waals surface area contributed by atoms with Crippen LogP contribution >= 0.6 is 0 Å². The van der Waals surface area contributed by atoms with Crippen molar-refractivity contribution in [2.75, 3.05) is 6.54 Å². The van der Waals surface area contributed by atoms with Crippen molar-refractivity contribution >= 4 is 17.6 Å². The van der Waals surface area contributed by atoms with Gasteiger partial charge in [-0.25, -0.2) is 0 Å². The number of carbonyl (C=O) groups is 2. The fourth-order valence-corrected chi connectivity index (χ4v) is 3.32. The maximum atomic E-state index is 13.3. The molecule has 0 saturated carbocycles. The van der Waals surface area contributed by atoms with Crippen molar-refractivity contribution in [2.24, 2.45) is 11.8 Å². The highest BCUT2D eigenvalue weighted by Gasteiger charge is 2.37. The van der Waals surface area contributed by atoms with Gasteiger partial charge in [0, 0.05) is 16.1 Å². The zero-order valence-electron chi connectivity index (χ0n) is 16.3. The van der Waals surface area contributed by atoms with E-state index in [0.29, 0.717) is 11.1 Å². The first-order chi connectivity index (χ1) is 14.6. The van der Waals surface area contributed by atoms with Gasteiger partial charge in [-0.2, -0.15) is 0 Å². The van der Waals surface area contributed by atoms with E-state index in [0.717, 1.165) is 5.56 Å². The van der Waals surface area contributed by atoms with Gasteiger partial charge in [-0.15, -0.1) is 0 Å². The summed E-state index contributed by atoms with van der Waals surface area (Å²) in [6, 6.07) is 26.1. The Hall–Kier alpha value is -3.86. The Morgan fingerprint density at radius 2 is 1.20 bits per heavy atom. The van der Waals surface area contributed by atoms with Crippen LogP contribution in [0.1, 0.15) is 26.3 Å². The van der Waals surface area contributed by atoms with Crippen LogP contribution in [0.25, 0.3) is 6.08 Å². The fraction of sp³-hybridized carbons (Fsp3) is 0.120. The van der Waals surface area contributed by atoms with Crippen molar-refractivity contribution in [3.8, 4) is 0 Å². The molecular formula is C25H21NO4. The normalized spacial score (nSPS) is 12.0. The van der Waals surface area contributed by atoms with E-state index in [1.54, 1.807) is 72.8 Å². The van der Waals surface area contributed by atoms with E-state index in [-0.39, 0.29) is 0 Å². The van der Waals surface area contributed by atoms with Crippen LogP contribution in [-0.2, 0) is 0 Å². The minimum atomic E-state index is -1.19. The largest absolute Gasteiger partial charge is 0.293 e. The average Bonchev–Trinajstić information content (AvgIpc) is 2.79. The van der Waals surface area contributed by atoms with Gasteiger partial charge in [0.25, 0.3) is 0 Å². The Balaban J connectivity index is 2.04. The summed E-state index contributed by atoms with van der Waals surface area (Å²) in [6.07, 6.45) is 3.32. The molecule has 1 atom stereocenters. The summed E-state index contributed by atoms with van der Waals surface area (Å²) >= 11 is 0. The third-order valence-electron chi connectivity index (χ3n) is 4.81. The number of rotatable bonds is 9. The predicted molar refractivity (Wildman–Crippen MR) is 116 cm³/mol. The standard InChI is InChI=1S/C25H21NO4/c27-24(20-12-6-2-7-13-20)23(25(28)21-14-8-3-9-15-21)22(18-26(29)30)17-16-19-10-4-1-5-11-19/h1-17,22-23H,18H2/t22-/m0/s1. The lowest BCUT2D eigenvalue weighted by atomic mass is 9.80. The molecule has 0 radical (unpaired) electrons. The molecule has 30 heavy (non-hydrogen) atoms. The number of carbonyl (C=O) groups excluding carboxylic acids is 2. The molecule has 0 N–H and O–H groups in total. The lowest BCUT2D eigenvalue weighted by Crippen LogP contribution is -2.34. The second-order valence-electron chi connectivity index (χ2n) is 6.89. The minimum Gasteiger partial charge on any atom is -0.293 e. The van der Waals surface area contributed by atoms with Crippen molar-refractivity contribution in [1.82, 2.24) is 0 Å². The Bertz CT molecular complexity index is 979. The van der Waals surface area contributed by atoms with E-state index in [2.05, 4.69) is 0 Å². The third-order valence-corrected chi connectivity index (χ3v) is 4.81. The molecule has 0 saturated heterocycles. The van der Waals surface area contributed by atoms with Gasteiger partial charge in [0.05, 0.1) is 11.8 Å². The molecule has 0 aliphatic rings. The van der Waals surface area contributed by atoms with Gasteiger partial charge in [-0.3, -0.25) is 19.7 Å². The summed E-state index contributed by atoms with van der Waals surface area (Å²) in [5.74, 6) is -2.93. The smallest absolute Gasteiger partial charge is 0.211 e. The lowest BCUT2D eigenvalue weighted by molar-refractivity contribution is -0.486. The molecule has 3 aromatic carbocycles. The molecule has 5 heteroatoms. The van der Waals surface area contributed by atoms with Crippen LogP contribution in [-0.4, -0.2) is 23.0 Å².